The monoisotopic (exact) mass is 445 g/mol. The van der Waals surface area contributed by atoms with Crippen molar-refractivity contribution in [2.75, 3.05) is 18.6 Å². The first-order valence-electron chi connectivity index (χ1n) is 9.47. The maximum Gasteiger partial charge on any atom is 0.331 e. The maximum absolute atomic E-state index is 13.4. The molecule has 0 saturated carbocycles. The first-order chi connectivity index (χ1) is 14.3. The van der Waals surface area contributed by atoms with E-state index in [1.165, 1.54) is 4.90 Å². The second-order valence-electron chi connectivity index (χ2n) is 7.09. The number of benzene rings is 2. The van der Waals surface area contributed by atoms with Crippen LogP contribution in [0.15, 0.2) is 59.6 Å². The minimum absolute atomic E-state index is 0.0253. The minimum atomic E-state index is -1.28. The number of allylic oxidation sites excluding steroid dienone is 1. The van der Waals surface area contributed by atoms with E-state index in [1.807, 2.05) is 6.07 Å². The first-order valence-corrected chi connectivity index (χ1v) is 10.2. The highest BCUT2D eigenvalue weighted by atomic mass is 35.5. The number of esters is 1. The van der Waals surface area contributed by atoms with Crippen LogP contribution >= 0.6 is 23.2 Å². The number of hydrogen-bond acceptors (Lipinski definition) is 4. The van der Waals surface area contributed by atoms with Crippen LogP contribution in [0, 0.1) is 0 Å². The Hall–Kier alpha value is -2.63. The van der Waals surface area contributed by atoms with Gasteiger partial charge in [-0.05, 0) is 30.7 Å². The number of ketones is 1. The summed E-state index contributed by atoms with van der Waals surface area (Å²) in [7, 11) is 1.65. The highest BCUT2D eigenvalue weighted by Gasteiger charge is 2.51. The van der Waals surface area contributed by atoms with E-state index in [-0.39, 0.29) is 36.2 Å². The molecule has 0 aliphatic carbocycles. The molecule has 1 heterocycles. The average molecular weight is 446 g/mol. The van der Waals surface area contributed by atoms with Crippen molar-refractivity contribution in [2.45, 2.75) is 25.2 Å². The van der Waals surface area contributed by atoms with Crippen molar-refractivity contribution >= 4 is 46.5 Å². The van der Waals surface area contributed by atoms with E-state index in [0.29, 0.717) is 21.8 Å². The molecule has 1 aliphatic heterocycles. The number of fused-ring (bicyclic) bond motifs is 1. The number of carbonyl (C=O) groups is 3. The van der Waals surface area contributed by atoms with Gasteiger partial charge in [0.25, 0.3) is 0 Å². The molecule has 30 heavy (non-hydrogen) atoms. The molecule has 0 radical (unpaired) electrons. The van der Waals surface area contributed by atoms with Gasteiger partial charge in [-0.2, -0.15) is 0 Å². The quantitative estimate of drug-likeness (QED) is 0.345. The van der Waals surface area contributed by atoms with Crippen LogP contribution in [0.5, 0.6) is 0 Å². The molecule has 0 spiro atoms. The number of Topliss-reactive ketones (excluding diaryl/α,β-unsaturated/α-hetero) is 1. The summed E-state index contributed by atoms with van der Waals surface area (Å²) < 4.78 is 4.91. The average Bonchev–Trinajstić information content (AvgIpc) is 2.90. The third kappa shape index (κ3) is 4.27. The van der Waals surface area contributed by atoms with E-state index in [0.717, 1.165) is 6.08 Å². The summed E-state index contributed by atoms with van der Waals surface area (Å²) in [5.41, 5.74) is 0.489. The van der Waals surface area contributed by atoms with Crippen LogP contribution in [0.25, 0.3) is 0 Å². The van der Waals surface area contributed by atoms with Crippen LogP contribution in [0.1, 0.15) is 35.7 Å². The minimum Gasteiger partial charge on any atom is -0.463 e. The van der Waals surface area contributed by atoms with Crippen LogP contribution in [0.2, 0.25) is 5.02 Å². The second kappa shape index (κ2) is 9.02. The molecule has 156 valence electrons. The Morgan fingerprint density at radius 3 is 2.50 bits per heavy atom. The van der Waals surface area contributed by atoms with E-state index >= 15 is 0 Å². The molecule has 1 aliphatic rings. The fourth-order valence-electron chi connectivity index (χ4n) is 3.79. The molecule has 7 heteroatoms. The zero-order valence-electron chi connectivity index (χ0n) is 16.7. The molecule has 0 aromatic heterocycles. The molecule has 0 saturated heterocycles. The van der Waals surface area contributed by atoms with Gasteiger partial charge in [0, 0.05) is 47.3 Å². The molecule has 0 unspecified atom stereocenters. The molecule has 0 N–H and O–H groups in total. The van der Waals surface area contributed by atoms with Gasteiger partial charge < -0.3 is 9.64 Å². The molecule has 5 nitrogen and oxygen atoms in total. The van der Waals surface area contributed by atoms with E-state index in [2.05, 4.69) is 0 Å². The maximum atomic E-state index is 13.4. The third-order valence-corrected chi connectivity index (χ3v) is 5.62. The summed E-state index contributed by atoms with van der Waals surface area (Å²) in [6.07, 6.45) is 1.01. The third-order valence-electron chi connectivity index (χ3n) is 5.14. The molecule has 0 fully saturated rings. The fourth-order valence-corrected chi connectivity index (χ4v) is 4.27. The predicted octanol–water partition coefficient (Wildman–Crippen LogP) is 4.90. The van der Waals surface area contributed by atoms with E-state index < -0.39 is 11.4 Å². The molecule has 1 amide bonds. The number of halogens is 2. The van der Waals surface area contributed by atoms with Gasteiger partial charge in [0.2, 0.25) is 5.91 Å². The number of anilines is 1. The van der Waals surface area contributed by atoms with Crippen molar-refractivity contribution in [3.8, 4) is 0 Å². The summed E-state index contributed by atoms with van der Waals surface area (Å²) in [5.74, 6) is -1.08. The molecule has 2 aromatic carbocycles. The Morgan fingerprint density at radius 1 is 1.13 bits per heavy atom. The number of amides is 1. The normalized spacial score (nSPS) is 18.3. The Bertz CT molecular complexity index is 1020. The van der Waals surface area contributed by atoms with Crippen LogP contribution < -0.4 is 4.90 Å². The molecular formula is C23H21Cl2NO4. The van der Waals surface area contributed by atoms with Gasteiger partial charge in [-0.15, -0.1) is 0 Å². The summed E-state index contributed by atoms with van der Waals surface area (Å²) >= 11 is 12.6. The van der Waals surface area contributed by atoms with Crippen molar-refractivity contribution in [1.29, 1.82) is 0 Å². The lowest BCUT2D eigenvalue weighted by Gasteiger charge is -2.27. The van der Waals surface area contributed by atoms with Crippen LogP contribution in [0.4, 0.5) is 5.69 Å². The highest BCUT2D eigenvalue weighted by molar-refractivity contribution is 6.32. The Morgan fingerprint density at radius 2 is 1.83 bits per heavy atom. The van der Waals surface area contributed by atoms with Crippen LogP contribution in [-0.2, 0) is 19.7 Å². The summed E-state index contributed by atoms with van der Waals surface area (Å²) in [5, 5.41) is 0.572. The summed E-state index contributed by atoms with van der Waals surface area (Å²) in [6.45, 7) is 1.89. The SMILES string of the molecule is CCOC(=O)/C=C(/Cl)C[C@]1(CC(=O)c2ccccc2)C(=O)N(C)c2ccc(Cl)cc21. The van der Waals surface area contributed by atoms with Gasteiger partial charge in [0.15, 0.2) is 5.78 Å². The predicted molar refractivity (Wildman–Crippen MR) is 117 cm³/mol. The van der Waals surface area contributed by atoms with E-state index in [4.69, 9.17) is 27.9 Å². The number of hydrogen-bond donors (Lipinski definition) is 0. The second-order valence-corrected chi connectivity index (χ2v) is 8.02. The van der Waals surface area contributed by atoms with E-state index in [9.17, 15) is 14.4 Å². The fraction of sp³-hybridized carbons (Fsp3) is 0.261. The number of rotatable bonds is 7. The van der Waals surface area contributed by atoms with Gasteiger partial charge in [0.05, 0.1) is 12.0 Å². The van der Waals surface area contributed by atoms with Gasteiger partial charge in [-0.3, -0.25) is 9.59 Å². The van der Waals surface area contributed by atoms with Crippen LogP contribution in [-0.4, -0.2) is 31.3 Å². The van der Waals surface area contributed by atoms with Gasteiger partial charge in [0.1, 0.15) is 0 Å². The zero-order valence-corrected chi connectivity index (χ0v) is 18.2. The number of nitrogens with zero attached hydrogens (tertiary/aromatic N) is 1. The Labute approximate surface area is 185 Å². The largest absolute Gasteiger partial charge is 0.463 e. The summed E-state index contributed by atoms with van der Waals surface area (Å²) in [4.78, 5) is 39.9. The number of ether oxygens (including phenoxy) is 1. The molecule has 0 bridgehead atoms. The lowest BCUT2D eigenvalue weighted by atomic mass is 9.73. The van der Waals surface area contributed by atoms with Crippen molar-refractivity contribution < 1.29 is 19.1 Å². The van der Waals surface area contributed by atoms with E-state index in [1.54, 1.807) is 56.4 Å². The zero-order chi connectivity index (χ0) is 21.9. The Balaban J connectivity index is 2.08. The van der Waals surface area contributed by atoms with Crippen molar-refractivity contribution in [2.24, 2.45) is 0 Å². The standard InChI is InChI=1S/C23H21Cl2NO4/c1-3-30-21(28)12-17(25)13-23(14-20(27)15-7-5-4-6-8-15)18-11-16(24)9-10-19(18)26(2)22(23)29/h4-12H,3,13-14H2,1-2H3/b17-12+/t23-/m1/s1. The van der Waals surface area contributed by atoms with Crippen LogP contribution in [0.3, 0.4) is 0 Å². The van der Waals surface area contributed by atoms with Gasteiger partial charge in [-0.1, -0.05) is 53.5 Å². The first kappa shape index (κ1) is 22.1. The molecular weight excluding hydrogens is 425 g/mol. The Kier molecular flexibility index (Phi) is 6.64. The molecule has 2 aromatic rings. The van der Waals surface area contributed by atoms with Gasteiger partial charge in [-0.25, -0.2) is 4.79 Å². The number of likely N-dealkylation sites (N-methyl/N-ethyl adjacent to an activating group) is 1. The topological polar surface area (TPSA) is 63.7 Å². The lowest BCUT2D eigenvalue weighted by molar-refractivity contribution is -0.137. The van der Waals surface area contributed by atoms with Crippen molar-refractivity contribution in [3.63, 3.8) is 0 Å². The molecule has 1 atom stereocenters. The number of carbonyl (C=O) groups excluding carboxylic acids is 3. The van der Waals surface area contributed by atoms with Crippen molar-refractivity contribution in [3.05, 3.63) is 75.8 Å². The van der Waals surface area contributed by atoms with Gasteiger partial charge >= 0.3 is 5.97 Å². The highest BCUT2D eigenvalue weighted by Crippen LogP contribution is 2.49. The lowest BCUT2D eigenvalue weighted by Crippen LogP contribution is -2.40. The molecule has 3 rings (SSSR count). The summed E-state index contributed by atoms with van der Waals surface area (Å²) in [6, 6.07) is 13.9. The smallest absolute Gasteiger partial charge is 0.331 e. The van der Waals surface area contributed by atoms with Crippen molar-refractivity contribution in [1.82, 2.24) is 0 Å².